The van der Waals surface area contributed by atoms with Crippen LogP contribution in [0.15, 0.2) is 53.0 Å². The highest BCUT2D eigenvalue weighted by Gasteiger charge is 2.67. The van der Waals surface area contributed by atoms with Crippen LogP contribution in [0.3, 0.4) is 0 Å². The van der Waals surface area contributed by atoms with Crippen LogP contribution in [0.5, 0.6) is 0 Å². The summed E-state index contributed by atoms with van der Waals surface area (Å²) in [6, 6.07) is 10.2. The first-order chi connectivity index (χ1) is 16.3. The summed E-state index contributed by atoms with van der Waals surface area (Å²) in [5.74, 6) is 0.0148. The van der Waals surface area contributed by atoms with Crippen LogP contribution in [0, 0.1) is 42.4 Å². The highest BCUT2D eigenvalue weighted by atomic mass is 79.9. The summed E-state index contributed by atoms with van der Waals surface area (Å²) in [7, 11) is 0. The van der Waals surface area contributed by atoms with E-state index in [0.717, 1.165) is 16.5 Å². The average Bonchev–Trinajstić information content (AvgIpc) is 3.59. The maximum atomic E-state index is 13.7. The Labute approximate surface area is 215 Å². The van der Waals surface area contributed by atoms with E-state index in [1.165, 1.54) is 15.9 Å². The molecule has 1 heterocycles. The summed E-state index contributed by atoms with van der Waals surface area (Å²) in [6.07, 6.45) is 5.40. The molecule has 2 aromatic carbocycles. The Kier molecular flexibility index (Phi) is 5.21. The van der Waals surface area contributed by atoms with Gasteiger partial charge in [-0.05, 0) is 79.0 Å². The van der Waals surface area contributed by atoms with Crippen molar-refractivity contribution < 1.29 is 14.4 Å². The molecule has 0 N–H and O–H groups in total. The first-order valence-corrected chi connectivity index (χ1v) is 12.9. The van der Waals surface area contributed by atoms with E-state index in [1.54, 1.807) is 12.1 Å². The van der Waals surface area contributed by atoms with Gasteiger partial charge in [-0.3, -0.25) is 24.2 Å². The van der Waals surface area contributed by atoms with Crippen molar-refractivity contribution in [1.82, 2.24) is 4.90 Å². The van der Waals surface area contributed by atoms with Gasteiger partial charge in [-0.2, -0.15) is 0 Å². The molecule has 0 radical (unpaired) electrons. The number of aryl methyl sites for hydroxylation is 1. The monoisotopic (exact) mass is 558 g/mol. The Morgan fingerprint density at radius 3 is 2.24 bits per heavy atom. The predicted octanol–water partition coefficient (Wildman–Crippen LogP) is 5.72. The number of nitrogens with zero attached hydrogens (tertiary/aromatic N) is 2. The number of rotatable bonds is 4. The summed E-state index contributed by atoms with van der Waals surface area (Å²) >= 11 is 15.7. The third-order valence-corrected chi connectivity index (χ3v) is 9.13. The third-order valence-electron chi connectivity index (χ3n) is 7.90. The number of amides is 3. The van der Waals surface area contributed by atoms with E-state index < -0.39 is 0 Å². The standard InChI is InChI=1S/C26H21BrCl2N2O3/c1-12-8-14(27)3-7-21(12)30(24(32)13-2-6-19(28)20(29)9-13)11-31-25(33)22-15-4-5-16(18-10-17(15)18)23(22)26(31)34/h2-9,15-18,22-23H,10-11H2,1H3. The summed E-state index contributed by atoms with van der Waals surface area (Å²) in [4.78, 5) is 43.6. The number of hydrogen-bond donors (Lipinski definition) is 0. The predicted molar refractivity (Wildman–Crippen MR) is 134 cm³/mol. The highest BCUT2D eigenvalue weighted by Crippen LogP contribution is 2.65. The molecule has 3 amide bonds. The van der Waals surface area contributed by atoms with Gasteiger partial charge in [0.05, 0.1) is 21.9 Å². The molecule has 4 aliphatic carbocycles. The Bertz CT molecular complexity index is 1260. The molecule has 3 fully saturated rings. The molecule has 7 rings (SSSR count). The van der Waals surface area contributed by atoms with Gasteiger partial charge >= 0.3 is 0 Å². The molecular weight excluding hydrogens is 539 g/mol. The maximum Gasteiger partial charge on any atom is 0.259 e. The molecular formula is C26H21BrCl2N2O3. The normalized spacial score (nSPS) is 30.4. The SMILES string of the molecule is Cc1cc(Br)ccc1N(CN1C(=O)C2C3C=CC(C4CC34)C2C1=O)C(=O)c1ccc(Cl)c(Cl)c1. The van der Waals surface area contributed by atoms with Gasteiger partial charge in [0.2, 0.25) is 11.8 Å². The molecule has 34 heavy (non-hydrogen) atoms. The van der Waals surface area contributed by atoms with Crippen LogP contribution < -0.4 is 4.90 Å². The van der Waals surface area contributed by atoms with Gasteiger partial charge < -0.3 is 0 Å². The molecule has 174 valence electrons. The lowest BCUT2D eigenvalue weighted by atomic mass is 9.63. The largest absolute Gasteiger partial charge is 0.289 e. The molecule has 5 aliphatic rings. The number of allylic oxidation sites excluding steroid dienone is 2. The molecule has 2 bridgehead atoms. The minimum atomic E-state index is -0.358. The van der Waals surface area contributed by atoms with Crippen molar-refractivity contribution in [1.29, 1.82) is 0 Å². The molecule has 5 nitrogen and oxygen atoms in total. The smallest absolute Gasteiger partial charge is 0.259 e. The first kappa shape index (κ1) is 22.3. The van der Waals surface area contributed by atoms with Crippen molar-refractivity contribution in [3.05, 3.63) is 74.2 Å². The Balaban J connectivity index is 1.37. The lowest BCUT2D eigenvalue weighted by molar-refractivity contribution is -0.140. The number of likely N-dealkylation sites (tertiary alicyclic amines) is 1. The second kappa shape index (κ2) is 7.94. The van der Waals surface area contributed by atoms with E-state index in [0.29, 0.717) is 28.1 Å². The van der Waals surface area contributed by atoms with Crippen molar-refractivity contribution in [3.8, 4) is 0 Å². The molecule has 6 atom stereocenters. The van der Waals surface area contributed by atoms with Crippen LogP contribution >= 0.6 is 39.1 Å². The minimum absolute atomic E-state index is 0.134. The van der Waals surface area contributed by atoms with E-state index in [4.69, 9.17) is 23.2 Å². The molecule has 0 spiro atoms. The Morgan fingerprint density at radius 2 is 1.65 bits per heavy atom. The number of carbonyl (C=O) groups is 3. The van der Waals surface area contributed by atoms with Crippen LogP contribution in [0.25, 0.3) is 0 Å². The number of hydrogen-bond acceptors (Lipinski definition) is 3. The fourth-order valence-electron chi connectivity index (χ4n) is 6.26. The Hall–Kier alpha value is -2.15. The number of anilines is 1. The van der Waals surface area contributed by atoms with Crippen LogP contribution in [-0.4, -0.2) is 29.3 Å². The van der Waals surface area contributed by atoms with E-state index >= 15 is 0 Å². The van der Waals surface area contributed by atoms with E-state index in [9.17, 15) is 14.4 Å². The lowest BCUT2D eigenvalue weighted by Gasteiger charge is -2.37. The van der Waals surface area contributed by atoms with Gasteiger partial charge in [0.25, 0.3) is 5.91 Å². The fraction of sp³-hybridized carbons (Fsp3) is 0.346. The lowest BCUT2D eigenvalue weighted by Crippen LogP contribution is -2.45. The van der Waals surface area contributed by atoms with Crippen LogP contribution in [0.2, 0.25) is 10.0 Å². The molecule has 0 aromatic heterocycles. The number of halogens is 3. The van der Waals surface area contributed by atoms with Gasteiger partial charge in [-0.1, -0.05) is 51.3 Å². The summed E-state index contributed by atoms with van der Waals surface area (Å²) in [5.41, 5.74) is 1.79. The Morgan fingerprint density at radius 1 is 1.00 bits per heavy atom. The van der Waals surface area contributed by atoms with Crippen LogP contribution in [0.1, 0.15) is 22.3 Å². The van der Waals surface area contributed by atoms with Crippen LogP contribution in [0.4, 0.5) is 5.69 Å². The quantitative estimate of drug-likeness (QED) is 0.355. The molecule has 6 unspecified atom stereocenters. The average molecular weight is 560 g/mol. The first-order valence-electron chi connectivity index (χ1n) is 11.3. The highest BCUT2D eigenvalue weighted by molar-refractivity contribution is 9.10. The molecule has 8 heteroatoms. The number of carbonyl (C=O) groups excluding carboxylic acids is 3. The van der Waals surface area contributed by atoms with Crippen molar-refractivity contribution in [3.63, 3.8) is 0 Å². The van der Waals surface area contributed by atoms with Crippen molar-refractivity contribution in [2.45, 2.75) is 13.3 Å². The molecule has 1 aliphatic heterocycles. The number of imide groups is 1. The van der Waals surface area contributed by atoms with Crippen molar-refractivity contribution in [2.75, 3.05) is 11.6 Å². The zero-order valence-corrected chi connectivity index (χ0v) is 21.3. The molecule has 2 saturated carbocycles. The van der Waals surface area contributed by atoms with Crippen molar-refractivity contribution >= 4 is 62.5 Å². The van der Waals surface area contributed by atoms with Crippen molar-refractivity contribution in [2.24, 2.45) is 35.5 Å². The summed E-state index contributed by atoms with van der Waals surface area (Å²) < 4.78 is 0.872. The van der Waals surface area contributed by atoms with Gasteiger partial charge in [0.1, 0.15) is 6.67 Å². The van der Waals surface area contributed by atoms with E-state index in [2.05, 4.69) is 28.1 Å². The molecule has 1 saturated heterocycles. The zero-order chi connectivity index (χ0) is 23.9. The minimum Gasteiger partial charge on any atom is -0.289 e. The zero-order valence-electron chi connectivity index (χ0n) is 18.3. The summed E-state index contributed by atoms with van der Waals surface area (Å²) in [5, 5.41) is 0.612. The van der Waals surface area contributed by atoms with Crippen LogP contribution in [-0.2, 0) is 9.59 Å². The van der Waals surface area contributed by atoms with E-state index in [1.807, 2.05) is 25.1 Å². The fourth-order valence-corrected chi connectivity index (χ4v) is 7.03. The maximum absolute atomic E-state index is 13.7. The van der Waals surface area contributed by atoms with E-state index in [-0.39, 0.29) is 53.1 Å². The van der Waals surface area contributed by atoms with Gasteiger partial charge in [-0.25, -0.2) is 0 Å². The number of benzene rings is 2. The second-order valence-electron chi connectivity index (χ2n) is 9.69. The molecule has 2 aromatic rings. The topological polar surface area (TPSA) is 57.7 Å². The van der Waals surface area contributed by atoms with Gasteiger partial charge in [0.15, 0.2) is 0 Å². The second-order valence-corrected chi connectivity index (χ2v) is 11.4. The van der Waals surface area contributed by atoms with Gasteiger partial charge in [-0.15, -0.1) is 0 Å². The van der Waals surface area contributed by atoms with Gasteiger partial charge in [0, 0.05) is 15.7 Å². The summed E-state index contributed by atoms with van der Waals surface area (Å²) in [6.45, 7) is 1.75. The third kappa shape index (κ3) is 3.29.